The average Bonchev–Trinajstić information content (AvgIpc) is 2.29. The first kappa shape index (κ1) is 13.2. The van der Waals surface area contributed by atoms with E-state index in [1.165, 1.54) is 24.1 Å². The quantitative estimate of drug-likeness (QED) is 0.799. The van der Waals surface area contributed by atoms with Crippen LogP contribution in [0.15, 0.2) is 36.9 Å². The molecular weight excluding hydrogens is 221 g/mol. The van der Waals surface area contributed by atoms with Crippen LogP contribution >= 0.6 is 0 Å². The third-order valence-electron chi connectivity index (χ3n) is 2.61. The first-order valence-electron chi connectivity index (χ1n) is 5.35. The van der Waals surface area contributed by atoms with Crippen molar-refractivity contribution in [1.29, 1.82) is 0 Å². The van der Waals surface area contributed by atoms with Gasteiger partial charge in [-0.1, -0.05) is 18.2 Å². The number of benzene rings is 1. The number of halogens is 1. The van der Waals surface area contributed by atoms with Crippen molar-refractivity contribution in [2.24, 2.45) is 0 Å². The lowest BCUT2D eigenvalue weighted by Crippen LogP contribution is -2.29. The van der Waals surface area contributed by atoms with Crippen molar-refractivity contribution in [3.63, 3.8) is 0 Å². The minimum absolute atomic E-state index is 0.00852. The fourth-order valence-corrected chi connectivity index (χ4v) is 1.66. The fraction of sp³-hybridized carbons (Fsp3) is 0.308. The summed E-state index contributed by atoms with van der Waals surface area (Å²) in [7, 11) is 1.52. The lowest BCUT2D eigenvalue weighted by molar-refractivity contribution is 0.153. The zero-order valence-electron chi connectivity index (χ0n) is 9.77. The largest absolute Gasteiger partial charge is 0.465 e. The van der Waals surface area contributed by atoms with Crippen LogP contribution in [0.3, 0.4) is 0 Å². The molecule has 0 heterocycles. The van der Waals surface area contributed by atoms with Gasteiger partial charge < -0.3 is 10.0 Å². The molecule has 0 fully saturated rings. The van der Waals surface area contributed by atoms with Crippen molar-refractivity contribution in [3.8, 4) is 0 Å². The molecule has 1 aromatic rings. The third kappa shape index (κ3) is 3.90. The Bertz CT molecular complexity index is 389. The molecular formula is C13H16FNO2. The van der Waals surface area contributed by atoms with Gasteiger partial charge in [-0.15, -0.1) is 6.58 Å². The van der Waals surface area contributed by atoms with Crippen molar-refractivity contribution >= 4 is 6.09 Å². The lowest BCUT2D eigenvalue weighted by Gasteiger charge is -2.21. The Morgan fingerprint density at radius 1 is 1.53 bits per heavy atom. The Morgan fingerprint density at radius 2 is 2.12 bits per heavy atom. The standard InChI is InChI=1S/C13H16FNO2/c1-3-4-11(9-15(2)13(16)17)10-5-7-12(14)8-6-10/h3,5-8,11H,1,4,9H2,2H3,(H,16,17). The molecule has 0 aliphatic carbocycles. The maximum Gasteiger partial charge on any atom is 0.407 e. The van der Waals surface area contributed by atoms with Crippen molar-refractivity contribution in [3.05, 3.63) is 48.3 Å². The van der Waals surface area contributed by atoms with Crippen molar-refractivity contribution in [2.45, 2.75) is 12.3 Å². The molecule has 0 aliphatic rings. The summed E-state index contributed by atoms with van der Waals surface area (Å²) in [6.07, 6.45) is 1.42. The monoisotopic (exact) mass is 237 g/mol. The molecule has 92 valence electrons. The van der Waals surface area contributed by atoms with Crippen LogP contribution in [0.4, 0.5) is 9.18 Å². The Hall–Kier alpha value is -1.84. The van der Waals surface area contributed by atoms with Gasteiger partial charge in [0.1, 0.15) is 5.82 Å². The van der Waals surface area contributed by atoms with Gasteiger partial charge in [-0.3, -0.25) is 0 Å². The summed E-state index contributed by atoms with van der Waals surface area (Å²) < 4.78 is 12.8. The summed E-state index contributed by atoms with van der Waals surface area (Å²) in [5.74, 6) is -0.285. The number of hydrogen-bond donors (Lipinski definition) is 1. The molecule has 0 aromatic heterocycles. The topological polar surface area (TPSA) is 40.5 Å². The van der Waals surface area contributed by atoms with E-state index < -0.39 is 6.09 Å². The number of nitrogens with zero attached hydrogens (tertiary/aromatic N) is 1. The van der Waals surface area contributed by atoms with Gasteiger partial charge in [0.15, 0.2) is 0 Å². The maximum atomic E-state index is 12.8. The van der Waals surface area contributed by atoms with E-state index in [9.17, 15) is 9.18 Å². The second kappa shape index (κ2) is 6.03. The summed E-state index contributed by atoms with van der Waals surface area (Å²) >= 11 is 0. The fourth-order valence-electron chi connectivity index (χ4n) is 1.66. The molecule has 1 amide bonds. The van der Waals surface area contributed by atoms with Gasteiger partial charge in [0.05, 0.1) is 0 Å². The molecule has 0 spiro atoms. The Balaban J connectivity index is 2.81. The molecule has 1 unspecified atom stereocenters. The second-order valence-electron chi connectivity index (χ2n) is 3.94. The zero-order valence-corrected chi connectivity index (χ0v) is 9.77. The number of rotatable bonds is 5. The number of likely N-dealkylation sites (N-methyl/N-ethyl adjacent to an activating group) is 1. The summed E-state index contributed by atoms with van der Waals surface area (Å²) in [4.78, 5) is 12.0. The van der Waals surface area contributed by atoms with Crippen LogP contribution in [-0.2, 0) is 0 Å². The smallest absolute Gasteiger partial charge is 0.407 e. The van der Waals surface area contributed by atoms with Gasteiger partial charge in [-0.05, 0) is 24.1 Å². The van der Waals surface area contributed by atoms with E-state index in [-0.39, 0.29) is 11.7 Å². The Morgan fingerprint density at radius 3 is 2.59 bits per heavy atom. The minimum Gasteiger partial charge on any atom is -0.465 e. The predicted molar refractivity (Wildman–Crippen MR) is 64.6 cm³/mol. The number of hydrogen-bond acceptors (Lipinski definition) is 1. The average molecular weight is 237 g/mol. The summed E-state index contributed by atoms with van der Waals surface area (Å²) in [5, 5.41) is 8.83. The van der Waals surface area contributed by atoms with Gasteiger partial charge in [-0.25, -0.2) is 9.18 Å². The van der Waals surface area contributed by atoms with E-state index in [0.29, 0.717) is 13.0 Å². The molecule has 0 bridgehead atoms. The van der Waals surface area contributed by atoms with Crippen LogP contribution in [0.2, 0.25) is 0 Å². The van der Waals surface area contributed by atoms with Crippen LogP contribution < -0.4 is 0 Å². The van der Waals surface area contributed by atoms with Gasteiger partial charge in [0, 0.05) is 19.5 Å². The highest BCUT2D eigenvalue weighted by Gasteiger charge is 2.15. The van der Waals surface area contributed by atoms with E-state index in [1.54, 1.807) is 18.2 Å². The highest BCUT2D eigenvalue weighted by molar-refractivity contribution is 5.64. The first-order valence-corrected chi connectivity index (χ1v) is 5.35. The summed E-state index contributed by atoms with van der Waals surface area (Å²) in [5.41, 5.74) is 0.916. The molecule has 0 aliphatic heterocycles. The van der Waals surface area contributed by atoms with Crippen LogP contribution in [-0.4, -0.2) is 29.7 Å². The normalized spacial score (nSPS) is 11.9. The van der Waals surface area contributed by atoms with Gasteiger partial charge in [-0.2, -0.15) is 0 Å². The van der Waals surface area contributed by atoms with Crippen molar-refractivity contribution in [1.82, 2.24) is 4.90 Å². The third-order valence-corrected chi connectivity index (χ3v) is 2.61. The van der Waals surface area contributed by atoms with Gasteiger partial charge in [0.2, 0.25) is 0 Å². The lowest BCUT2D eigenvalue weighted by atomic mass is 9.95. The molecule has 17 heavy (non-hydrogen) atoms. The molecule has 1 rings (SSSR count). The van der Waals surface area contributed by atoms with E-state index in [1.807, 2.05) is 0 Å². The number of allylic oxidation sites excluding steroid dienone is 1. The van der Waals surface area contributed by atoms with E-state index in [0.717, 1.165) is 5.56 Å². The minimum atomic E-state index is -0.971. The maximum absolute atomic E-state index is 12.8. The Labute approximate surface area is 100 Å². The Kier molecular flexibility index (Phi) is 4.69. The first-order chi connectivity index (χ1) is 8.04. The van der Waals surface area contributed by atoms with E-state index in [2.05, 4.69) is 6.58 Å². The van der Waals surface area contributed by atoms with Crippen LogP contribution in [0.5, 0.6) is 0 Å². The summed E-state index contributed by atoms with van der Waals surface area (Å²) in [6, 6.07) is 6.12. The highest BCUT2D eigenvalue weighted by atomic mass is 19.1. The van der Waals surface area contributed by atoms with Crippen LogP contribution in [0.1, 0.15) is 17.9 Å². The summed E-state index contributed by atoms with van der Waals surface area (Å²) in [6.45, 7) is 4.02. The van der Waals surface area contributed by atoms with Gasteiger partial charge in [0.25, 0.3) is 0 Å². The molecule has 4 heteroatoms. The van der Waals surface area contributed by atoms with Crippen molar-refractivity contribution in [2.75, 3.05) is 13.6 Å². The van der Waals surface area contributed by atoms with Crippen LogP contribution in [0, 0.1) is 5.82 Å². The second-order valence-corrected chi connectivity index (χ2v) is 3.94. The molecule has 1 N–H and O–H groups in total. The molecule has 1 aromatic carbocycles. The zero-order chi connectivity index (χ0) is 12.8. The number of amides is 1. The number of carbonyl (C=O) groups is 1. The number of carboxylic acid groups (broad SMARTS) is 1. The van der Waals surface area contributed by atoms with Crippen molar-refractivity contribution < 1.29 is 14.3 Å². The van der Waals surface area contributed by atoms with Gasteiger partial charge >= 0.3 is 6.09 Å². The molecule has 1 atom stereocenters. The van der Waals surface area contributed by atoms with Crippen LogP contribution in [0.25, 0.3) is 0 Å². The van der Waals surface area contributed by atoms with E-state index in [4.69, 9.17) is 5.11 Å². The molecule has 0 saturated carbocycles. The molecule has 0 saturated heterocycles. The highest BCUT2D eigenvalue weighted by Crippen LogP contribution is 2.21. The molecule has 0 radical (unpaired) electrons. The molecule has 3 nitrogen and oxygen atoms in total. The predicted octanol–water partition coefficient (Wildman–Crippen LogP) is 3.10. The SMILES string of the molecule is C=CCC(CN(C)C(=O)O)c1ccc(F)cc1. The van der Waals surface area contributed by atoms with E-state index >= 15 is 0 Å².